The Morgan fingerprint density at radius 2 is 1.91 bits per heavy atom. The van der Waals surface area contributed by atoms with Crippen molar-refractivity contribution in [2.45, 2.75) is 13.3 Å². The van der Waals surface area contributed by atoms with E-state index in [0.717, 1.165) is 25.5 Å². The first-order valence-corrected chi connectivity index (χ1v) is 7.27. The van der Waals surface area contributed by atoms with Gasteiger partial charge in [-0.2, -0.15) is 0 Å². The van der Waals surface area contributed by atoms with Gasteiger partial charge in [0.15, 0.2) is 5.96 Å². The van der Waals surface area contributed by atoms with Gasteiger partial charge in [-0.15, -0.1) is 30.4 Å². The molecule has 4 heteroatoms. The zero-order valence-electron chi connectivity index (χ0n) is 12.8. The molecule has 0 amide bonds. The zero-order chi connectivity index (χ0) is 14.9. The topological polar surface area (TPSA) is 36.4 Å². The number of guanidine groups is 1. The third kappa shape index (κ3) is 5.57. The number of terminal acetylenes is 1. The largest absolute Gasteiger partial charge is 0.357 e. The molecule has 2 aromatic carbocycles. The number of halogens is 1. The van der Waals surface area contributed by atoms with Crippen molar-refractivity contribution in [1.29, 1.82) is 0 Å². The van der Waals surface area contributed by atoms with Crippen molar-refractivity contribution in [2.75, 3.05) is 19.6 Å². The Morgan fingerprint density at radius 3 is 2.64 bits per heavy atom. The van der Waals surface area contributed by atoms with Crippen LogP contribution in [0.25, 0.3) is 10.8 Å². The van der Waals surface area contributed by atoms with Crippen molar-refractivity contribution in [3.63, 3.8) is 0 Å². The van der Waals surface area contributed by atoms with Crippen LogP contribution in [0.3, 0.4) is 0 Å². The summed E-state index contributed by atoms with van der Waals surface area (Å²) in [5, 5.41) is 8.81. The second-order valence-corrected chi connectivity index (χ2v) is 4.75. The fourth-order valence-electron chi connectivity index (χ4n) is 2.17. The van der Waals surface area contributed by atoms with Gasteiger partial charge in [0.05, 0.1) is 6.54 Å². The van der Waals surface area contributed by atoms with E-state index in [4.69, 9.17) is 6.42 Å². The molecule has 116 valence electrons. The van der Waals surface area contributed by atoms with E-state index in [-0.39, 0.29) is 24.0 Å². The standard InChI is InChI=1S/C18H21N3.HI/c1-3-12-20-18(19-4-2)21-13-11-15-9-10-16-7-5-6-8-17(16)14-15;/h1,5-10,14H,4,11-13H2,2H3,(H2,19,20,21);1H. The summed E-state index contributed by atoms with van der Waals surface area (Å²) < 4.78 is 0. The van der Waals surface area contributed by atoms with Crippen molar-refractivity contribution in [1.82, 2.24) is 10.6 Å². The maximum absolute atomic E-state index is 5.25. The summed E-state index contributed by atoms with van der Waals surface area (Å²) in [6.07, 6.45) is 6.16. The summed E-state index contributed by atoms with van der Waals surface area (Å²) in [5.41, 5.74) is 1.30. The van der Waals surface area contributed by atoms with E-state index >= 15 is 0 Å². The van der Waals surface area contributed by atoms with Gasteiger partial charge >= 0.3 is 0 Å². The lowest BCUT2D eigenvalue weighted by molar-refractivity contribution is 0.856. The van der Waals surface area contributed by atoms with E-state index in [1.807, 2.05) is 6.92 Å². The maximum atomic E-state index is 5.25. The Morgan fingerprint density at radius 1 is 1.14 bits per heavy atom. The van der Waals surface area contributed by atoms with E-state index in [9.17, 15) is 0 Å². The molecule has 0 spiro atoms. The van der Waals surface area contributed by atoms with Crippen LogP contribution < -0.4 is 10.6 Å². The first-order valence-electron chi connectivity index (χ1n) is 7.27. The molecular weight excluding hydrogens is 385 g/mol. The molecule has 0 aromatic heterocycles. The minimum Gasteiger partial charge on any atom is -0.357 e. The average Bonchev–Trinajstić information content (AvgIpc) is 2.52. The minimum absolute atomic E-state index is 0. The highest BCUT2D eigenvalue weighted by Gasteiger charge is 1.98. The van der Waals surface area contributed by atoms with Crippen LogP contribution in [0.4, 0.5) is 0 Å². The number of hydrogen-bond donors (Lipinski definition) is 2. The Hall–Kier alpha value is -1.74. The molecule has 0 atom stereocenters. The fourth-order valence-corrected chi connectivity index (χ4v) is 2.17. The normalized spacial score (nSPS) is 10.6. The summed E-state index contributed by atoms with van der Waals surface area (Å²) in [6.45, 7) is 4.09. The molecule has 0 aliphatic heterocycles. The monoisotopic (exact) mass is 407 g/mol. The summed E-state index contributed by atoms with van der Waals surface area (Å²) in [4.78, 5) is 4.53. The number of fused-ring (bicyclic) bond motifs is 1. The van der Waals surface area contributed by atoms with Crippen LogP contribution in [0.5, 0.6) is 0 Å². The predicted molar refractivity (Wildman–Crippen MR) is 106 cm³/mol. The lowest BCUT2D eigenvalue weighted by Gasteiger charge is -2.09. The highest BCUT2D eigenvalue weighted by atomic mass is 127. The quantitative estimate of drug-likeness (QED) is 0.346. The summed E-state index contributed by atoms with van der Waals surface area (Å²) in [7, 11) is 0. The second kappa shape index (κ2) is 10.1. The fraction of sp³-hybridized carbons (Fsp3) is 0.278. The first kappa shape index (κ1) is 18.3. The van der Waals surface area contributed by atoms with Crippen LogP contribution >= 0.6 is 24.0 Å². The van der Waals surface area contributed by atoms with E-state index in [0.29, 0.717) is 6.54 Å². The third-order valence-corrected chi connectivity index (χ3v) is 3.19. The Kier molecular flexibility index (Phi) is 8.38. The van der Waals surface area contributed by atoms with Crippen molar-refractivity contribution < 1.29 is 0 Å². The Bertz CT molecular complexity index is 659. The molecule has 0 fully saturated rings. The molecule has 0 unspecified atom stereocenters. The van der Waals surface area contributed by atoms with E-state index in [1.165, 1.54) is 16.3 Å². The number of rotatable bonds is 5. The lowest BCUT2D eigenvalue weighted by atomic mass is 10.1. The summed E-state index contributed by atoms with van der Waals surface area (Å²) in [5.74, 6) is 3.33. The Labute approximate surface area is 149 Å². The van der Waals surface area contributed by atoms with Gasteiger partial charge in [-0.05, 0) is 29.7 Å². The maximum Gasteiger partial charge on any atom is 0.192 e. The molecule has 2 N–H and O–H groups in total. The van der Waals surface area contributed by atoms with Crippen LogP contribution in [0, 0.1) is 12.3 Å². The predicted octanol–water partition coefficient (Wildman–Crippen LogP) is 3.19. The average molecular weight is 407 g/mol. The van der Waals surface area contributed by atoms with Gasteiger partial charge in [-0.25, -0.2) is 0 Å². The van der Waals surface area contributed by atoms with Crippen LogP contribution in [0.2, 0.25) is 0 Å². The SMILES string of the molecule is C#CCNC(=NCCc1ccc2ccccc2c1)NCC.I. The molecule has 0 bridgehead atoms. The van der Waals surface area contributed by atoms with Gasteiger partial charge in [0, 0.05) is 13.1 Å². The molecule has 2 rings (SSSR count). The zero-order valence-corrected chi connectivity index (χ0v) is 15.1. The number of nitrogens with zero attached hydrogens (tertiary/aromatic N) is 1. The van der Waals surface area contributed by atoms with Gasteiger partial charge in [0.2, 0.25) is 0 Å². The number of nitrogens with one attached hydrogen (secondary N) is 2. The van der Waals surface area contributed by atoms with E-state index < -0.39 is 0 Å². The molecule has 0 radical (unpaired) electrons. The number of aliphatic imine (C=N–C) groups is 1. The highest BCUT2D eigenvalue weighted by Crippen LogP contribution is 2.15. The van der Waals surface area contributed by atoms with Crippen molar-refractivity contribution >= 4 is 40.7 Å². The number of benzene rings is 2. The van der Waals surface area contributed by atoms with Gasteiger partial charge in [-0.1, -0.05) is 48.4 Å². The molecular formula is C18H22IN3. The van der Waals surface area contributed by atoms with Crippen LogP contribution in [0.15, 0.2) is 47.5 Å². The van der Waals surface area contributed by atoms with Crippen LogP contribution in [-0.4, -0.2) is 25.6 Å². The Balaban J connectivity index is 0.00000242. The molecule has 0 heterocycles. The van der Waals surface area contributed by atoms with E-state index in [2.05, 4.69) is 64.0 Å². The molecule has 3 nitrogen and oxygen atoms in total. The van der Waals surface area contributed by atoms with Crippen LogP contribution in [0.1, 0.15) is 12.5 Å². The molecule has 0 aliphatic rings. The third-order valence-electron chi connectivity index (χ3n) is 3.19. The second-order valence-electron chi connectivity index (χ2n) is 4.75. The molecule has 0 saturated heterocycles. The molecule has 22 heavy (non-hydrogen) atoms. The lowest BCUT2D eigenvalue weighted by Crippen LogP contribution is -2.37. The van der Waals surface area contributed by atoms with Gasteiger partial charge in [-0.3, -0.25) is 4.99 Å². The summed E-state index contributed by atoms with van der Waals surface area (Å²) >= 11 is 0. The smallest absolute Gasteiger partial charge is 0.192 e. The van der Waals surface area contributed by atoms with Crippen LogP contribution in [-0.2, 0) is 6.42 Å². The molecule has 0 saturated carbocycles. The van der Waals surface area contributed by atoms with Gasteiger partial charge in [0.25, 0.3) is 0 Å². The van der Waals surface area contributed by atoms with E-state index in [1.54, 1.807) is 0 Å². The molecule has 0 aliphatic carbocycles. The van der Waals surface area contributed by atoms with Crippen molar-refractivity contribution in [2.24, 2.45) is 4.99 Å². The number of hydrogen-bond acceptors (Lipinski definition) is 1. The van der Waals surface area contributed by atoms with Crippen molar-refractivity contribution in [3.05, 3.63) is 48.0 Å². The highest BCUT2D eigenvalue weighted by molar-refractivity contribution is 14.0. The van der Waals surface area contributed by atoms with Gasteiger partial charge in [0.1, 0.15) is 0 Å². The van der Waals surface area contributed by atoms with Gasteiger partial charge < -0.3 is 10.6 Å². The van der Waals surface area contributed by atoms with Crippen molar-refractivity contribution in [3.8, 4) is 12.3 Å². The first-order chi connectivity index (χ1) is 10.3. The minimum atomic E-state index is 0. The molecule has 2 aromatic rings. The summed E-state index contributed by atoms with van der Waals surface area (Å²) in [6, 6.07) is 15.0.